The summed E-state index contributed by atoms with van der Waals surface area (Å²) in [5.41, 5.74) is 0. The molecule has 4 rings (SSSR count). The zero-order valence-electron chi connectivity index (χ0n) is 17.9. The molecule has 1 aromatic rings. The van der Waals surface area contributed by atoms with Crippen LogP contribution in [0, 0.1) is 0 Å². The molecule has 0 aliphatic carbocycles. The summed E-state index contributed by atoms with van der Waals surface area (Å²) in [5.74, 6) is 2.63. The van der Waals surface area contributed by atoms with Crippen LogP contribution in [0.3, 0.4) is 0 Å². The van der Waals surface area contributed by atoms with Gasteiger partial charge >= 0.3 is 0 Å². The zero-order chi connectivity index (χ0) is 20.6. The Labute approximate surface area is 185 Å². The van der Waals surface area contributed by atoms with Crippen LogP contribution in [0.15, 0.2) is 6.07 Å². The van der Waals surface area contributed by atoms with Crippen LogP contribution in [-0.4, -0.2) is 85.6 Å². The quantitative estimate of drug-likeness (QED) is 0.656. The fourth-order valence-corrected chi connectivity index (χ4v) is 4.54. The largest absolute Gasteiger partial charge is 0.379 e. The third kappa shape index (κ3) is 6.15. The molecule has 1 aromatic heterocycles. The van der Waals surface area contributed by atoms with Crippen LogP contribution in [0.5, 0.6) is 0 Å². The van der Waals surface area contributed by atoms with Crippen LogP contribution in [0.4, 0.5) is 17.6 Å². The second-order valence-corrected chi connectivity index (χ2v) is 8.75. The minimum absolute atomic E-state index is 0.587. The van der Waals surface area contributed by atoms with Crippen LogP contribution < -0.4 is 20.4 Å². The van der Waals surface area contributed by atoms with Crippen molar-refractivity contribution in [2.45, 2.75) is 38.5 Å². The van der Waals surface area contributed by atoms with Crippen LogP contribution in [0.2, 0.25) is 0 Å². The van der Waals surface area contributed by atoms with Crippen molar-refractivity contribution in [2.75, 3.05) is 80.7 Å². The highest BCUT2D eigenvalue weighted by Gasteiger charge is 2.19. The number of rotatable bonds is 6. The van der Waals surface area contributed by atoms with Gasteiger partial charge in [-0.25, -0.2) is 0 Å². The van der Waals surface area contributed by atoms with Crippen molar-refractivity contribution >= 4 is 34.9 Å². The molecule has 0 bridgehead atoms. The molecule has 3 fully saturated rings. The molecular formula is C21H35N7OS. The summed E-state index contributed by atoms with van der Waals surface area (Å²) in [4.78, 5) is 16.8. The smallest absolute Gasteiger partial charge is 0.232 e. The van der Waals surface area contributed by atoms with E-state index in [-0.39, 0.29) is 0 Å². The first kappa shape index (κ1) is 21.5. The summed E-state index contributed by atoms with van der Waals surface area (Å²) in [7, 11) is 0. The van der Waals surface area contributed by atoms with Gasteiger partial charge in [0.25, 0.3) is 0 Å². The van der Waals surface area contributed by atoms with Gasteiger partial charge in [0.2, 0.25) is 5.95 Å². The SMILES string of the molecule is S=C(NCCN1CCOCC1)Nc1nc(N2CCCCC2)cc(N2CCCCC2)n1. The minimum Gasteiger partial charge on any atom is -0.379 e. The maximum absolute atomic E-state index is 5.53. The predicted molar refractivity (Wildman–Crippen MR) is 126 cm³/mol. The Hall–Kier alpha value is -1.71. The van der Waals surface area contributed by atoms with Crippen molar-refractivity contribution in [1.82, 2.24) is 20.2 Å². The van der Waals surface area contributed by atoms with E-state index >= 15 is 0 Å². The summed E-state index contributed by atoms with van der Waals surface area (Å²) < 4.78 is 5.40. The van der Waals surface area contributed by atoms with E-state index in [1.807, 2.05) is 0 Å². The molecule has 0 atom stereocenters. The molecule has 0 unspecified atom stereocenters. The molecule has 166 valence electrons. The lowest BCUT2D eigenvalue weighted by Gasteiger charge is -2.31. The van der Waals surface area contributed by atoms with Crippen molar-refractivity contribution in [2.24, 2.45) is 0 Å². The molecule has 0 saturated carbocycles. The number of anilines is 3. The maximum Gasteiger partial charge on any atom is 0.232 e. The van der Waals surface area contributed by atoms with Crippen LogP contribution >= 0.6 is 12.2 Å². The van der Waals surface area contributed by atoms with Gasteiger partial charge in [-0.2, -0.15) is 9.97 Å². The van der Waals surface area contributed by atoms with E-state index < -0.39 is 0 Å². The summed E-state index contributed by atoms with van der Waals surface area (Å²) in [6.07, 6.45) is 7.53. The number of morpholine rings is 1. The third-order valence-corrected chi connectivity index (χ3v) is 6.35. The minimum atomic E-state index is 0.587. The highest BCUT2D eigenvalue weighted by molar-refractivity contribution is 7.80. The molecule has 4 heterocycles. The number of hydrogen-bond donors (Lipinski definition) is 2. The lowest BCUT2D eigenvalue weighted by Crippen LogP contribution is -2.42. The normalized spacial score (nSPS) is 20.8. The molecule has 30 heavy (non-hydrogen) atoms. The summed E-state index contributed by atoms with van der Waals surface area (Å²) in [6.45, 7) is 9.64. The number of hydrogen-bond acceptors (Lipinski definition) is 7. The molecule has 3 saturated heterocycles. The van der Waals surface area contributed by atoms with Gasteiger partial charge in [-0.1, -0.05) is 0 Å². The van der Waals surface area contributed by atoms with Gasteiger partial charge in [-0.3, -0.25) is 4.90 Å². The van der Waals surface area contributed by atoms with Crippen LogP contribution in [0.25, 0.3) is 0 Å². The monoisotopic (exact) mass is 433 g/mol. The molecule has 3 aliphatic heterocycles. The number of aromatic nitrogens is 2. The Morgan fingerprint density at radius 2 is 1.43 bits per heavy atom. The Morgan fingerprint density at radius 1 is 0.867 bits per heavy atom. The van der Waals surface area contributed by atoms with E-state index in [1.165, 1.54) is 38.5 Å². The second kappa shape index (κ2) is 11.1. The molecule has 0 amide bonds. The number of thiocarbonyl (C=S) groups is 1. The molecule has 2 N–H and O–H groups in total. The van der Waals surface area contributed by atoms with Gasteiger partial charge in [-0.05, 0) is 50.7 Å². The van der Waals surface area contributed by atoms with Gasteiger partial charge < -0.3 is 25.2 Å². The highest BCUT2D eigenvalue weighted by Crippen LogP contribution is 2.26. The Balaban J connectivity index is 1.39. The lowest BCUT2D eigenvalue weighted by atomic mass is 10.1. The topological polar surface area (TPSA) is 68.8 Å². The van der Waals surface area contributed by atoms with Gasteiger partial charge in [0.1, 0.15) is 11.6 Å². The zero-order valence-corrected chi connectivity index (χ0v) is 18.8. The van der Waals surface area contributed by atoms with Crippen LogP contribution in [0.1, 0.15) is 38.5 Å². The summed E-state index contributed by atoms with van der Waals surface area (Å²) >= 11 is 5.53. The van der Waals surface area contributed by atoms with E-state index in [0.29, 0.717) is 11.1 Å². The Morgan fingerprint density at radius 3 is 2.00 bits per heavy atom. The van der Waals surface area contributed by atoms with E-state index in [0.717, 1.165) is 77.2 Å². The lowest BCUT2D eigenvalue weighted by molar-refractivity contribution is 0.0389. The van der Waals surface area contributed by atoms with Gasteiger partial charge in [-0.15, -0.1) is 0 Å². The van der Waals surface area contributed by atoms with E-state index in [1.54, 1.807) is 0 Å². The fraction of sp³-hybridized carbons (Fsp3) is 0.762. The number of piperidine rings is 2. The van der Waals surface area contributed by atoms with E-state index in [9.17, 15) is 0 Å². The van der Waals surface area contributed by atoms with Crippen molar-refractivity contribution in [1.29, 1.82) is 0 Å². The second-order valence-electron chi connectivity index (χ2n) is 8.34. The number of nitrogens with one attached hydrogen (secondary N) is 2. The predicted octanol–water partition coefficient (Wildman–Crippen LogP) is 2.08. The third-order valence-electron chi connectivity index (χ3n) is 6.10. The van der Waals surface area contributed by atoms with Gasteiger partial charge in [0.15, 0.2) is 5.11 Å². The average molecular weight is 434 g/mol. The van der Waals surface area contributed by atoms with Gasteiger partial charge in [0, 0.05) is 58.4 Å². The summed E-state index contributed by atoms with van der Waals surface area (Å²) in [5, 5.41) is 7.13. The van der Waals surface area contributed by atoms with Crippen molar-refractivity contribution < 1.29 is 4.74 Å². The fourth-order valence-electron chi connectivity index (χ4n) is 4.35. The molecule has 0 spiro atoms. The van der Waals surface area contributed by atoms with Gasteiger partial charge in [0.05, 0.1) is 13.2 Å². The maximum atomic E-state index is 5.53. The molecule has 0 radical (unpaired) electrons. The Bertz CT molecular complexity index is 650. The molecule has 0 aromatic carbocycles. The van der Waals surface area contributed by atoms with Crippen molar-refractivity contribution in [3.05, 3.63) is 6.07 Å². The number of nitrogens with zero attached hydrogens (tertiary/aromatic N) is 5. The van der Waals surface area contributed by atoms with E-state index in [2.05, 4.69) is 31.4 Å². The summed E-state index contributed by atoms with van der Waals surface area (Å²) in [6, 6.07) is 2.16. The van der Waals surface area contributed by atoms with Crippen molar-refractivity contribution in [3.63, 3.8) is 0 Å². The average Bonchev–Trinajstić information content (AvgIpc) is 2.81. The Kier molecular flexibility index (Phi) is 7.94. The molecule has 8 nitrogen and oxygen atoms in total. The first-order valence-corrected chi connectivity index (χ1v) is 11.9. The first-order valence-electron chi connectivity index (χ1n) is 11.5. The molecule has 9 heteroatoms. The first-order chi connectivity index (χ1) is 14.8. The number of ether oxygens (including phenoxy) is 1. The standard InChI is InChI=1S/C21H35N7OS/c30-21(22-7-12-26-13-15-29-16-14-26)25-20-23-18(27-8-3-1-4-9-27)17-19(24-20)28-10-5-2-6-11-28/h17H,1-16H2,(H2,22,23,24,25,30). The van der Waals surface area contributed by atoms with Crippen molar-refractivity contribution in [3.8, 4) is 0 Å². The van der Waals surface area contributed by atoms with E-state index in [4.69, 9.17) is 26.9 Å². The van der Waals surface area contributed by atoms with Crippen LogP contribution in [-0.2, 0) is 4.74 Å². The highest BCUT2D eigenvalue weighted by atomic mass is 32.1. The molecule has 3 aliphatic rings. The molecular weight excluding hydrogens is 398 g/mol.